The lowest BCUT2D eigenvalue weighted by molar-refractivity contribution is 1.19. The maximum atomic E-state index is 2.74. The van der Waals surface area contributed by atoms with E-state index in [4.69, 9.17) is 0 Å². The van der Waals surface area contributed by atoms with Gasteiger partial charge in [-0.05, 0) is 41.8 Å². The van der Waals surface area contributed by atoms with Gasteiger partial charge in [0, 0.05) is 50.2 Å². The Morgan fingerprint density at radius 3 is 0.836 bits per heavy atom. The Labute approximate surface area is 330 Å². The van der Waals surface area contributed by atoms with Crippen molar-refractivity contribution in [2.24, 2.45) is 0 Å². The van der Waals surface area contributed by atoms with E-state index in [1.165, 1.54) is 54.3 Å². The highest BCUT2D eigenvalue weighted by atomic mass is 31.2. The van der Waals surface area contributed by atoms with E-state index in [-0.39, 0.29) is 0 Å². The first kappa shape index (κ1) is 36.6. The molecule has 55 heavy (non-hydrogen) atoms. The Balaban J connectivity index is 1.13. The Bertz CT molecular complexity index is 2140. The minimum Gasteiger partial charge on any atom is -0.346 e. The van der Waals surface area contributed by atoms with Crippen LogP contribution in [0.15, 0.2) is 231 Å². The van der Waals surface area contributed by atoms with Crippen molar-refractivity contribution in [2.45, 2.75) is 6.42 Å². The standard InChI is InChI=1S/C50H43N2P3/c1-51(53(45-20-8-2-9-21-45)46-22-10-3-11-23-46)43-36-32-41(33-37-43)40-42-34-38-44(39-35-42)52(54(47-24-12-4-13-25-47)48-26-14-5-15-27-48)55(49-28-16-6-17-29-49)50-30-18-7-19-31-50/h2-39H,40H2,1H3. The van der Waals surface area contributed by atoms with Crippen molar-refractivity contribution in [3.63, 3.8) is 0 Å². The smallest absolute Gasteiger partial charge is 0.0590 e. The molecule has 5 heteroatoms. The monoisotopic (exact) mass is 764 g/mol. The molecule has 0 spiro atoms. The van der Waals surface area contributed by atoms with Crippen LogP contribution in [-0.2, 0) is 6.42 Å². The first-order chi connectivity index (χ1) is 27.2. The molecule has 0 fully saturated rings. The number of hydrogen-bond donors (Lipinski definition) is 0. The molecule has 8 rings (SSSR count). The molecule has 2 nitrogen and oxygen atoms in total. The van der Waals surface area contributed by atoms with E-state index >= 15 is 0 Å². The Hall–Kier alpha value is -5.35. The van der Waals surface area contributed by atoms with Crippen molar-refractivity contribution in [3.05, 3.63) is 242 Å². The van der Waals surface area contributed by atoms with Gasteiger partial charge in [0.05, 0.1) is 24.2 Å². The van der Waals surface area contributed by atoms with Crippen LogP contribution < -0.4 is 40.9 Å². The van der Waals surface area contributed by atoms with Crippen molar-refractivity contribution in [2.75, 3.05) is 16.2 Å². The van der Waals surface area contributed by atoms with Gasteiger partial charge < -0.3 is 9.11 Å². The largest absolute Gasteiger partial charge is 0.346 e. The molecular formula is C50H43N2P3. The molecule has 0 aliphatic carbocycles. The summed E-state index contributed by atoms with van der Waals surface area (Å²) in [6.45, 7) is 0. The number of hydrogen-bond acceptors (Lipinski definition) is 2. The van der Waals surface area contributed by atoms with E-state index < -0.39 is 24.2 Å². The molecule has 0 atom stereocenters. The van der Waals surface area contributed by atoms with E-state index in [0.29, 0.717) is 0 Å². The molecule has 0 radical (unpaired) electrons. The predicted octanol–water partition coefficient (Wildman–Crippen LogP) is 10.7. The molecule has 0 saturated carbocycles. The molecule has 8 aromatic carbocycles. The van der Waals surface area contributed by atoms with Crippen LogP contribution in [0.5, 0.6) is 0 Å². The van der Waals surface area contributed by atoms with Crippen molar-refractivity contribution >= 4 is 67.4 Å². The van der Waals surface area contributed by atoms with Gasteiger partial charge in [-0.1, -0.05) is 206 Å². The molecule has 0 aliphatic rings. The van der Waals surface area contributed by atoms with Gasteiger partial charge >= 0.3 is 0 Å². The van der Waals surface area contributed by atoms with E-state index in [1.807, 2.05) is 0 Å². The van der Waals surface area contributed by atoms with Crippen LogP contribution >= 0.6 is 24.2 Å². The molecule has 268 valence electrons. The highest BCUT2D eigenvalue weighted by Crippen LogP contribution is 2.57. The zero-order valence-corrected chi connectivity index (χ0v) is 33.6. The van der Waals surface area contributed by atoms with Gasteiger partial charge in [-0.3, -0.25) is 0 Å². The van der Waals surface area contributed by atoms with Gasteiger partial charge in [0.2, 0.25) is 0 Å². The van der Waals surface area contributed by atoms with Crippen molar-refractivity contribution in [1.29, 1.82) is 0 Å². The fourth-order valence-electron chi connectivity index (χ4n) is 6.89. The van der Waals surface area contributed by atoms with Crippen LogP contribution in [0, 0.1) is 0 Å². The van der Waals surface area contributed by atoms with Crippen molar-refractivity contribution in [3.8, 4) is 0 Å². The number of benzene rings is 8. The van der Waals surface area contributed by atoms with E-state index in [9.17, 15) is 0 Å². The molecule has 8 aromatic rings. The molecule has 0 saturated heterocycles. The maximum Gasteiger partial charge on any atom is 0.0590 e. The van der Waals surface area contributed by atoms with Crippen LogP contribution in [0.3, 0.4) is 0 Å². The third kappa shape index (κ3) is 8.65. The highest BCUT2D eigenvalue weighted by Gasteiger charge is 2.32. The fraction of sp³-hybridized carbons (Fsp3) is 0.0400. The Kier molecular flexibility index (Phi) is 11.9. The number of nitrogens with zero attached hydrogens (tertiary/aromatic N) is 2. The van der Waals surface area contributed by atoms with Gasteiger partial charge in [-0.2, -0.15) is 0 Å². The first-order valence-electron chi connectivity index (χ1n) is 18.7. The number of rotatable bonds is 13. The summed E-state index contributed by atoms with van der Waals surface area (Å²) in [7, 11) is -0.327. The molecule has 0 aliphatic heterocycles. The maximum absolute atomic E-state index is 2.74. The summed E-state index contributed by atoms with van der Waals surface area (Å²) in [5, 5.41) is 8.02. The SMILES string of the molecule is CN(c1ccc(Cc2ccc(N(P(c3ccccc3)c3ccccc3)P(c3ccccc3)c3ccccc3)cc2)cc1)P(c1ccccc1)c1ccccc1. The number of anilines is 2. The van der Waals surface area contributed by atoms with E-state index in [2.05, 4.69) is 247 Å². The van der Waals surface area contributed by atoms with Crippen LogP contribution in [0.2, 0.25) is 0 Å². The second-order valence-electron chi connectivity index (χ2n) is 13.3. The molecule has 0 heterocycles. The fourth-order valence-corrected chi connectivity index (χ4v) is 15.1. The Morgan fingerprint density at radius 2 is 0.545 bits per heavy atom. The van der Waals surface area contributed by atoms with Gasteiger partial charge in [0.1, 0.15) is 0 Å². The summed E-state index contributed by atoms with van der Waals surface area (Å²) < 4.78 is 5.19. The van der Waals surface area contributed by atoms with Gasteiger partial charge in [-0.15, -0.1) is 0 Å². The summed E-state index contributed by atoms with van der Waals surface area (Å²) in [5.41, 5.74) is 5.05. The molecular weight excluding hydrogens is 721 g/mol. The van der Waals surface area contributed by atoms with E-state index in [0.717, 1.165) is 6.42 Å². The highest BCUT2D eigenvalue weighted by molar-refractivity contribution is 7.90. The predicted molar refractivity (Wildman–Crippen MR) is 244 cm³/mol. The quantitative estimate of drug-likeness (QED) is 0.108. The molecule has 0 bridgehead atoms. The molecule has 0 aromatic heterocycles. The summed E-state index contributed by atoms with van der Waals surface area (Å²) >= 11 is 0. The third-order valence-electron chi connectivity index (χ3n) is 9.57. The average Bonchev–Trinajstić information content (AvgIpc) is 3.26. The lowest BCUT2D eigenvalue weighted by atomic mass is 10.0. The first-order valence-corrected chi connectivity index (χ1v) is 22.5. The van der Waals surface area contributed by atoms with Crippen LogP contribution in [-0.4, -0.2) is 7.05 Å². The van der Waals surface area contributed by atoms with Gasteiger partial charge in [0.25, 0.3) is 0 Å². The summed E-state index contributed by atoms with van der Waals surface area (Å²) in [6.07, 6.45) is 0.870. The normalized spacial score (nSPS) is 11.2. The van der Waals surface area contributed by atoms with Gasteiger partial charge in [-0.25, -0.2) is 0 Å². The van der Waals surface area contributed by atoms with Gasteiger partial charge in [0.15, 0.2) is 0 Å². The summed E-state index contributed by atoms with van der Waals surface area (Å²) in [4.78, 5) is 0. The summed E-state index contributed by atoms with van der Waals surface area (Å²) in [5.74, 6) is 0. The lowest BCUT2D eigenvalue weighted by Crippen LogP contribution is -2.31. The third-order valence-corrected chi connectivity index (χ3v) is 17.4. The average molecular weight is 765 g/mol. The van der Waals surface area contributed by atoms with Crippen LogP contribution in [0.4, 0.5) is 11.4 Å². The van der Waals surface area contributed by atoms with E-state index in [1.54, 1.807) is 0 Å². The van der Waals surface area contributed by atoms with Crippen molar-refractivity contribution in [1.82, 2.24) is 0 Å². The van der Waals surface area contributed by atoms with Crippen molar-refractivity contribution < 1.29 is 0 Å². The second kappa shape index (κ2) is 17.9. The minimum absolute atomic E-state index is 0.703. The molecule has 0 unspecified atom stereocenters. The Morgan fingerprint density at radius 1 is 0.291 bits per heavy atom. The molecule has 0 amide bonds. The van der Waals surface area contributed by atoms with Crippen LogP contribution in [0.25, 0.3) is 0 Å². The lowest BCUT2D eigenvalue weighted by Gasteiger charge is -2.40. The summed E-state index contributed by atoms with van der Waals surface area (Å²) in [6, 6.07) is 84.6. The second-order valence-corrected chi connectivity index (χ2v) is 20.0. The zero-order chi connectivity index (χ0) is 37.2. The topological polar surface area (TPSA) is 6.48 Å². The molecule has 0 N–H and O–H groups in total. The van der Waals surface area contributed by atoms with Crippen LogP contribution in [0.1, 0.15) is 11.1 Å². The zero-order valence-electron chi connectivity index (χ0n) is 30.9. The minimum atomic E-state index is -0.925.